The molecule has 0 radical (unpaired) electrons. The highest BCUT2D eigenvalue weighted by Crippen LogP contribution is 2.36. The maximum Gasteiger partial charge on any atom is 0.469 e. The van der Waals surface area contributed by atoms with E-state index in [9.17, 15) is 29.5 Å². The number of carbonyl (C=O) groups is 2. The van der Waals surface area contributed by atoms with Crippen molar-refractivity contribution in [1.82, 2.24) is 0 Å². The fraction of sp³-hybridized carbons (Fsp3) is 0.872. The summed E-state index contributed by atoms with van der Waals surface area (Å²) in [7, 11) is -4.82. The second-order valence-electron chi connectivity index (χ2n) is 17.0. The number of rotatable bonds is 40. The minimum Gasteiger partial charge on any atom is -0.462 e. The van der Waals surface area contributed by atoms with E-state index in [2.05, 4.69) is 18.4 Å². The number of phosphoric acid groups is 1. The van der Waals surface area contributed by atoms with Crippen LogP contribution in [0, 0.1) is 5.92 Å². The van der Waals surface area contributed by atoms with Gasteiger partial charge in [0.1, 0.15) is 6.61 Å². The third-order valence-corrected chi connectivity index (χ3v) is 11.8. The average molecular weight is 875 g/mol. The number of hydrogen-bond acceptors (Lipinski definition) is 10. The van der Waals surface area contributed by atoms with Crippen LogP contribution in [0.1, 0.15) is 213 Å². The molecule has 6 atom stereocenters. The molecule has 1 unspecified atom stereocenters. The van der Waals surface area contributed by atoms with Crippen LogP contribution in [0.3, 0.4) is 0 Å². The Bertz CT molecular complexity index is 1140. The Morgan fingerprint density at radius 1 is 0.683 bits per heavy atom. The van der Waals surface area contributed by atoms with Gasteiger partial charge in [0.05, 0.1) is 24.9 Å². The third-order valence-electron chi connectivity index (χ3n) is 11.3. The molecule has 60 heavy (non-hydrogen) atoms. The lowest BCUT2D eigenvalue weighted by Crippen LogP contribution is -2.43. The van der Waals surface area contributed by atoms with Crippen LogP contribution < -0.4 is 0 Å². The average Bonchev–Trinajstić information content (AvgIpc) is 3.20. The van der Waals surface area contributed by atoms with E-state index in [1.807, 2.05) is 12.2 Å². The number of aliphatic hydroxyl groups is 3. The fourth-order valence-corrected chi connectivity index (χ4v) is 7.95. The Balaban J connectivity index is 2.21. The van der Waals surface area contributed by atoms with E-state index in [4.69, 9.17) is 24.0 Å². The summed E-state index contributed by atoms with van der Waals surface area (Å²) in [5, 5.41) is 30.9. The Morgan fingerprint density at radius 3 is 1.72 bits per heavy atom. The second kappa shape index (κ2) is 37.9. The van der Waals surface area contributed by atoms with Gasteiger partial charge in [-0.05, 0) is 32.1 Å². The van der Waals surface area contributed by atoms with Crippen LogP contribution in [0.25, 0.3) is 0 Å². The summed E-state index contributed by atoms with van der Waals surface area (Å²) in [6.45, 7) is 3.38. The van der Waals surface area contributed by atoms with Crippen molar-refractivity contribution in [2.45, 2.75) is 244 Å². The quantitative estimate of drug-likeness (QED) is 0.0170. The predicted molar refractivity (Wildman–Crippen MR) is 238 cm³/mol. The predicted octanol–water partition coefficient (Wildman–Crippen LogP) is 10.9. The normalized spacial score (nSPS) is 19.6. The van der Waals surface area contributed by atoms with E-state index < -0.39 is 57.1 Å². The van der Waals surface area contributed by atoms with Crippen molar-refractivity contribution in [3.63, 3.8) is 0 Å². The molecule has 1 fully saturated rings. The zero-order chi connectivity index (χ0) is 44.1. The standard InChI is InChI=1S/C47H87O12P/c1-3-5-7-8-9-10-11-12-13-14-15-16-17-18-19-20-21-22-23-24-30-34-46(51)58-41(39-57-60(53,54)55)38-56-45(50)33-29-26-25-28-32-42-43(49)37-47(52)59-44(42)36-35-40(48)31-27-6-4-2/h25,28,35-36,40-44,47-49,52H,3-24,26-27,29-34,37-39H2,1-2H3,(H2,53,54,55)/b28-25-,36-35+/t40-,41+,42-,43-,44+,47?/m0/s1. The highest BCUT2D eigenvalue weighted by molar-refractivity contribution is 7.46. The van der Waals surface area contributed by atoms with E-state index in [1.54, 1.807) is 12.2 Å². The van der Waals surface area contributed by atoms with Gasteiger partial charge < -0.3 is 39.3 Å². The molecular weight excluding hydrogens is 787 g/mol. The lowest BCUT2D eigenvalue weighted by molar-refractivity contribution is -0.199. The van der Waals surface area contributed by atoms with Crippen molar-refractivity contribution in [3.8, 4) is 0 Å². The van der Waals surface area contributed by atoms with Gasteiger partial charge in [0, 0.05) is 25.2 Å². The first-order valence-electron chi connectivity index (χ1n) is 24.0. The van der Waals surface area contributed by atoms with E-state index in [-0.39, 0.29) is 31.8 Å². The van der Waals surface area contributed by atoms with Crippen molar-refractivity contribution < 1.29 is 58.0 Å². The molecule has 352 valence electrons. The molecule has 0 amide bonds. The van der Waals surface area contributed by atoms with Crippen molar-refractivity contribution in [2.24, 2.45) is 5.92 Å². The number of ether oxygens (including phenoxy) is 3. The lowest BCUT2D eigenvalue weighted by atomic mass is 9.87. The van der Waals surface area contributed by atoms with Crippen molar-refractivity contribution in [2.75, 3.05) is 13.2 Å². The molecule has 13 heteroatoms. The van der Waals surface area contributed by atoms with Crippen molar-refractivity contribution >= 4 is 19.8 Å². The first-order valence-corrected chi connectivity index (χ1v) is 25.6. The summed E-state index contributed by atoms with van der Waals surface area (Å²) >= 11 is 0. The van der Waals surface area contributed by atoms with Crippen LogP contribution in [0.15, 0.2) is 24.3 Å². The van der Waals surface area contributed by atoms with Crippen molar-refractivity contribution in [3.05, 3.63) is 24.3 Å². The third kappa shape index (κ3) is 33.9. The van der Waals surface area contributed by atoms with Gasteiger partial charge in [-0.25, -0.2) is 4.57 Å². The number of allylic oxidation sites excluding steroid dienone is 2. The SMILES string of the molecule is CCCCCCCCCCCCCCCCCCCCCCCC(=O)O[C@H](COC(=O)CCC/C=C\C[C@H]1[C@@H](O)CC(O)O[C@@H]1/C=C/[C@@H](O)CCCCC)COP(=O)(O)O. The first kappa shape index (κ1) is 56.4. The fourth-order valence-electron chi connectivity index (χ4n) is 7.59. The minimum atomic E-state index is -4.82. The van der Waals surface area contributed by atoms with Gasteiger partial charge in [0.25, 0.3) is 0 Å². The van der Waals surface area contributed by atoms with E-state index >= 15 is 0 Å². The number of hydrogen-bond donors (Lipinski definition) is 5. The summed E-state index contributed by atoms with van der Waals surface area (Å²) in [6, 6.07) is 0. The summed E-state index contributed by atoms with van der Waals surface area (Å²) in [5.74, 6) is -1.38. The molecule has 0 aliphatic carbocycles. The Hall–Kier alpha value is -1.63. The zero-order valence-corrected chi connectivity index (χ0v) is 38.5. The van der Waals surface area contributed by atoms with Crippen LogP contribution in [-0.4, -0.2) is 81.0 Å². The molecule has 1 rings (SSSR count). The van der Waals surface area contributed by atoms with Gasteiger partial charge >= 0.3 is 19.8 Å². The molecule has 0 bridgehead atoms. The van der Waals surface area contributed by atoms with Gasteiger partial charge in [0.2, 0.25) is 0 Å². The maximum atomic E-state index is 12.5. The van der Waals surface area contributed by atoms with Crippen LogP contribution >= 0.6 is 7.82 Å². The van der Waals surface area contributed by atoms with Crippen molar-refractivity contribution in [1.29, 1.82) is 0 Å². The van der Waals surface area contributed by atoms with Gasteiger partial charge in [-0.2, -0.15) is 0 Å². The maximum absolute atomic E-state index is 12.5. The lowest BCUT2D eigenvalue weighted by Gasteiger charge is -2.36. The second-order valence-corrected chi connectivity index (χ2v) is 18.2. The summed E-state index contributed by atoms with van der Waals surface area (Å²) in [4.78, 5) is 43.2. The summed E-state index contributed by atoms with van der Waals surface area (Å²) < 4.78 is 32.1. The number of carbonyl (C=O) groups excluding carboxylic acids is 2. The number of phosphoric ester groups is 1. The molecule has 1 heterocycles. The number of esters is 2. The van der Waals surface area contributed by atoms with Crippen LogP contribution in [0.5, 0.6) is 0 Å². The van der Waals surface area contributed by atoms with Gasteiger partial charge in [-0.15, -0.1) is 0 Å². The molecule has 12 nitrogen and oxygen atoms in total. The Morgan fingerprint density at radius 2 is 1.18 bits per heavy atom. The Labute approximate surface area is 363 Å². The molecule has 0 spiro atoms. The highest BCUT2D eigenvalue weighted by atomic mass is 31.2. The molecule has 0 aromatic heterocycles. The smallest absolute Gasteiger partial charge is 0.462 e. The molecular formula is C47H87O12P. The number of aliphatic hydroxyl groups excluding tert-OH is 3. The summed E-state index contributed by atoms with van der Waals surface area (Å²) in [5.41, 5.74) is 0. The molecule has 5 N–H and O–H groups in total. The highest BCUT2D eigenvalue weighted by Gasteiger charge is 2.35. The largest absolute Gasteiger partial charge is 0.469 e. The topological polar surface area (TPSA) is 189 Å². The summed E-state index contributed by atoms with van der Waals surface area (Å²) in [6.07, 6.45) is 35.2. The van der Waals surface area contributed by atoms with E-state index in [0.29, 0.717) is 32.1 Å². The molecule has 0 saturated carbocycles. The molecule has 1 aliphatic rings. The molecule has 0 aromatic carbocycles. The first-order chi connectivity index (χ1) is 28.9. The molecule has 1 saturated heterocycles. The van der Waals surface area contributed by atoms with Gasteiger partial charge in [-0.3, -0.25) is 14.1 Å². The van der Waals surface area contributed by atoms with E-state index in [1.165, 1.54) is 109 Å². The molecule has 0 aromatic rings. The molecule has 1 aliphatic heterocycles. The van der Waals surface area contributed by atoms with E-state index in [0.717, 1.165) is 38.5 Å². The Kier molecular flexibility index (Phi) is 35.6. The zero-order valence-electron chi connectivity index (χ0n) is 37.6. The van der Waals surface area contributed by atoms with Gasteiger partial charge in [-0.1, -0.05) is 186 Å². The van der Waals surface area contributed by atoms with Crippen LogP contribution in [0.2, 0.25) is 0 Å². The monoisotopic (exact) mass is 875 g/mol. The minimum absolute atomic E-state index is 0.0758. The number of unbranched alkanes of at least 4 members (excludes halogenated alkanes) is 23. The van der Waals surface area contributed by atoms with Gasteiger partial charge in [0.15, 0.2) is 12.4 Å². The van der Waals surface area contributed by atoms with Crippen LogP contribution in [-0.2, 0) is 32.9 Å². The van der Waals surface area contributed by atoms with Crippen LogP contribution in [0.4, 0.5) is 0 Å².